The maximum absolute atomic E-state index is 5.59. The summed E-state index contributed by atoms with van der Waals surface area (Å²) in [6, 6.07) is 12.3. The van der Waals surface area contributed by atoms with Gasteiger partial charge in [0.2, 0.25) is 0 Å². The van der Waals surface area contributed by atoms with Crippen molar-refractivity contribution < 1.29 is 4.74 Å². The van der Waals surface area contributed by atoms with Crippen LogP contribution in [0.3, 0.4) is 0 Å². The first-order valence-corrected chi connectivity index (χ1v) is 6.20. The fourth-order valence-electron chi connectivity index (χ4n) is 1.57. The maximum Gasteiger partial charge on any atom is 0.154 e. The van der Waals surface area contributed by atoms with E-state index in [2.05, 4.69) is 29.5 Å². The summed E-state index contributed by atoms with van der Waals surface area (Å²) < 4.78 is 5.59. The number of ether oxygens (including phenoxy) is 1. The van der Waals surface area contributed by atoms with Crippen LogP contribution in [0.1, 0.15) is 6.92 Å². The molecule has 2 nitrogen and oxygen atoms in total. The Morgan fingerprint density at radius 3 is 2.62 bits per heavy atom. The summed E-state index contributed by atoms with van der Waals surface area (Å²) in [5, 5.41) is 3.20. The summed E-state index contributed by atoms with van der Waals surface area (Å²) in [5.74, 6) is 0.957. The van der Waals surface area contributed by atoms with Crippen molar-refractivity contribution in [2.24, 2.45) is 0 Å². The number of hydrogen-bond acceptors (Lipinski definition) is 3. The fourth-order valence-corrected chi connectivity index (χ4v) is 2.40. The van der Waals surface area contributed by atoms with Gasteiger partial charge in [0.15, 0.2) is 5.75 Å². The van der Waals surface area contributed by atoms with Crippen molar-refractivity contribution in [3.05, 3.63) is 41.8 Å². The Morgan fingerprint density at radius 2 is 1.94 bits per heavy atom. The van der Waals surface area contributed by atoms with Gasteiger partial charge in [-0.15, -0.1) is 11.3 Å². The molecule has 0 aliphatic heterocycles. The van der Waals surface area contributed by atoms with Crippen molar-refractivity contribution >= 4 is 22.0 Å². The zero-order valence-electron chi connectivity index (χ0n) is 9.51. The van der Waals surface area contributed by atoms with Crippen molar-refractivity contribution in [3.63, 3.8) is 0 Å². The lowest BCUT2D eigenvalue weighted by Gasteiger charge is -2.18. The minimum Gasteiger partial charge on any atom is -0.491 e. The van der Waals surface area contributed by atoms with Gasteiger partial charge in [0.05, 0.1) is 6.61 Å². The van der Waals surface area contributed by atoms with Crippen molar-refractivity contribution in [1.29, 1.82) is 0 Å². The number of anilines is 2. The van der Waals surface area contributed by atoms with Crippen molar-refractivity contribution in [2.75, 3.05) is 18.6 Å². The molecule has 0 atom stereocenters. The highest BCUT2D eigenvalue weighted by Gasteiger charge is 2.11. The van der Waals surface area contributed by atoms with E-state index in [-0.39, 0.29) is 0 Å². The second-order valence-corrected chi connectivity index (χ2v) is 4.31. The molecule has 16 heavy (non-hydrogen) atoms. The maximum atomic E-state index is 5.59. The average Bonchev–Trinajstić information content (AvgIpc) is 2.78. The molecule has 2 aromatic rings. The van der Waals surface area contributed by atoms with Crippen LogP contribution in [0.2, 0.25) is 0 Å². The number of benzene rings is 1. The molecule has 0 unspecified atom stereocenters. The number of para-hydroxylation sites is 1. The Kier molecular flexibility index (Phi) is 3.47. The van der Waals surface area contributed by atoms with E-state index in [4.69, 9.17) is 4.74 Å². The zero-order valence-corrected chi connectivity index (χ0v) is 10.3. The lowest BCUT2D eigenvalue weighted by atomic mass is 10.3. The van der Waals surface area contributed by atoms with E-state index in [1.54, 1.807) is 11.3 Å². The third-order valence-corrected chi connectivity index (χ3v) is 3.33. The molecule has 0 saturated heterocycles. The molecule has 0 aliphatic carbocycles. The van der Waals surface area contributed by atoms with Crippen molar-refractivity contribution in [2.45, 2.75) is 6.92 Å². The molecule has 1 aromatic carbocycles. The Bertz CT molecular complexity index is 438. The number of hydrogen-bond donors (Lipinski definition) is 0. The van der Waals surface area contributed by atoms with E-state index in [9.17, 15) is 0 Å². The molecule has 0 amide bonds. The van der Waals surface area contributed by atoms with Gasteiger partial charge in [-0.25, -0.2) is 0 Å². The van der Waals surface area contributed by atoms with Crippen LogP contribution in [0, 0.1) is 0 Å². The minimum absolute atomic E-state index is 0.701. The first-order valence-electron chi connectivity index (χ1n) is 5.32. The Hall–Kier alpha value is -1.48. The fraction of sp³-hybridized carbons (Fsp3) is 0.231. The molecule has 0 bridgehead atoms. The minimum atomic E-state index is 0.701. The lowest BCUT2D eigenvalue weighted by molar-refractivity contribution is 0.342. The van der Waals surface area contributed by atoms with Gasteiger partial charge in [-0.3, -0.25) is 0 Å². The summed E-state index contributed by atoms with van der Waals surface area (Å²) >= 11 is 1.69. The molecular weight excluding hydrogens is 218 g/mol. The molecule has 84 valence electrons. The quantitative estimate of drug-likeness (QED) is 0.793. The summed E-state index contributed by atoms with van der Waals surface area (Å²) in [6.45, 7) is 2.70. The van der Waals surface area contributed by atoms with Gasteiger partial charge in [0, 0.05) is 12.7 Å². The Balaban J connectivity index is 2.27. The first-order chi connectivity index (χ1) is 7.83. The van der Waals surface area contributed by atoms with E-state index in [0.717, 1.165) is 10.8 Å². The normalized spacial score (nSPS) is 10.1. The molecular formula is C13H15NOS. The van der Waals surface area contributed by atoms with Crippen LogP contribution in [-0.4, -0.2) is 13.7 Å². The molecule has 1 aromatic heterocycles. The Labute approximate surface area is 100 Å². The van der Waals surface area contributed by atoms with Crippen molar-refractivity contribution in [1.82, 2.24) is 0 Å². The van der Waals surface area contributed by atoms with Gasteiger partial charge in [0.25, 0.3) is 0 Å². The van der Waals surface area contributed by atoms with Gasteiger partial charge >= 0.3 is 0 Å². The first kappa shape index (κ1) is 11.0. The average molecular weight is 233 g/mol. The summed E-state index contributed by atoms with van der Waals surface area (Å²) in [4.78, 5) is 2.15. The lowest BCUT2D eigenvalue weighted by Crippen LogP contribution is -2.08. The zero-order chi connectivity index (χ0) is 11.4. The van der Waals surface area contributed by atoms with Gasteiger partial charge in [-0.1, -0.05) is 18.2 Å². The predicted octanol–water partition coefficient (Wildman–Crippen LogP) is 3.91. The number of thiophene rings is 1. The summed E-state index contributed by atoms with van der Waals surface area (Å²) in [5.41, 5.74) is 1.17. The molecule has 0 spiro atoms. The highest BCUT2D eigenvalue weighted by Crippen LogP contribution is 2.37. The second kappa shape index (κ2) is 5.03. The van der Waals surface area contributed by atoms with Crippen LogP contribution >= 0.6 is 11.3 Å². The summed E-state index contributed by atoms with van der Waals surface area (Å²) in [7, 11) is 2.06. The standard InChI is InChI=1S/C13H15NOS/c1-3-15-12-9-10-16-13(12)14(2)11-7-5-4-6-8-11/h4-10H,3H2,1-2H3. The monoisotopic (exact) mass is 233 g/mol. The van der Waals surface area contributed by atoms with E-state index < -0.39 is 0 Å². The van der Waals surface area contributed by atoms with Crippen LogP contribution in [0.5, 0.6) is 5.75 Å². The molecule has 2 rings (SSSR count). The van der Waals surface area contributed by atoms with Crippen LogP contribution < -0.4 is 9.64 Å². The van der Waals surface area contributed by atoms with Crippen molar-refractivity contribution in [3.8, 4) is 5.75 Å². The summed E-state index contributed by atoms with van der Waals surface area (Å²) in [6.07, 6.45) is 0. The molecule has 0 aliphatic rings. The van der Waals surface area contributed by atoms with E-state index in [0.29, 0.717) is 6.61 Å². The van der Waals surface area contributed by atoms with E-state index in [1.807, 2.05) is 31.2 Å². The topological polar surface area (TPSA) is 12.5 Å². The highest BCUT2D eigenvalue weighted by atomic mass is 32.1. The highest BCUT2D eigenvalue weighted by molar-refractivity contribution is 7.14. The van der Waals surface area contributed by atoms with Gasteiger partial charge in [-0.2, -0.15) is 0 Å². The number of rotatable bonds is 4. The molecule has 0 fully saturated rings. The Morgan fingerprint density at radius 1 is 1.19 bits per heavy atom. The molecule has 0 saturated carbocycles. The molecule has 0 N–H and O–H groups in total. The molecule has 0 radical (unpaired) electrons. The van der Waals surface area contributed by atoms with E-state index in [1.165, 1.54) is 5.69 Å². The molecule has 1 heterocycles. The van der Waals surface area contributed by atoms with Gasteiger partial charge in [0.1, 0.15) is 5.00 Å². The largest absolute Gasteiger partial charge is 0.491 e. The van der Waals surface area contributed by atoms with E-state index >= 15 is 0 Å². The third-order valence-electron chi connectivity index (χ3n) is 2.36. The molecule has 3 heteroatoms. The van der Waals surface area contributed by atoms with Crippen LogP contribution in [0.25, 0.3) is 0 Å². The van der Waals surface area contributed by atoms with Gasteiger partial charge in [-0.05, 0) is 30.5 Å². The SMILES string of the molecule is CCOc1ccsc1N(C)c1ccccc1. The smallest absolute Gasteiger partial charge is 0.154 e. The van der Waals surface area contributed by atoms with Crippen LogP contribution in [0.15, 0.2) is 41.8 Å². The van der Waals surface area contributed by atoms with Crippen LogP contribution in [0.4, 0.5) is 10.7 Å². The third kappa shape index (κ3) is 2.19. The predicted molar refractivity (Wildman–Crippen MR) is 70.0 cm³/mol. The second-order valence-electron chi connectivity index (χ2n) is 3.42. The number of nitrogens with zero attached hydrogens (tertiary/aromatic N) is 1. The van der Waals surface area contributed by atoms with Crippen LogP contribution in [-0.2, 0) is 0 Å². The van der Waals surface area contributed by atoms with Gasteiger partial charge < -0.3 is 9.64 Å².